The van der Waals surface area contributed by atoms with Crippen LogP contribution in [-0.4, -0.2) is 33.3 Å². The molecule has 0 aromatic carbocycles. The molecule has 0 spiro atoms. The molecule has 70 valence electrons. The Morgan fingerprint density at radius 3 is 2.85 bits per heavy atom. The van der Waals surface area contributed by atoms with Gasteiger partial charge in [0.25, 0.3) is 0 Å². The van der Waals surface area contributed by atoms with Gasteiger partial charge in [0, 0.05) is 20.3 Å². The minimum Gasteiger partial charge on any atom is -0.363 e. The summed E-state index contributed by atoms with van der Waals surface area (Å²) in [5.41, 5.74) is 0. The molecular formula is C7H8ClN3S2. The Hall–Kier alpha value is -0.390. The summed E-state index contributed by atoms with van der Waals surface area (Å²) in [6.45, 7) is 0. The zero-order chi connectivity index (χ0) is 9.84. The van der Waals surface area contributed by atoms with Crippen LogP contribution in [0.2, 0.25) is 5.28 Å². The normalized spacial score (nSPS) is 9.77. The quantitative estimate of drug-likeness (QED) is 0.321. The van der Waals surface area contributed by atoms with Gasteiger partial charge in [-0.05, 0) is 29.4 Å². The van der Waals surface area contributed by atoms with Crippen LogP contribution in [0.25, 0.3) is 0 Å². The molecule has 0 fully saturated rings. The predicted octanol–water partition coefficient (Wildman–Crippen LogP) is 2.07. The van der Waals surface area contributed by atoms with Crippen molar-refractivity contribution >= 4 is 39.9 Å². The van der Waals surface area contributed by atoms with Gasteiger partial charge >= 0.3 is 0 Å². The maximum Gasteiger partial charge on any atom is 0.223 e. The first-order valence-electron chi connectivity index (χ1n) is 3.47. The van der Waals surface area contributed by atoms with E-state index in [4.69, 9.17) is 23.8 Å². The van der Waals surface area contributed by atoms with Gasteiger partial charge in [0.15, 0.2) is 0 Å². The lowest BCUT2D eigenvalue weighted by Gasteiger charge is -2.11. The lowest BCUT2D eigenvalue weighted by molar-refractivity contribution is 0.648. The fraction of sp³-hybridized carbons (Fsp3) is 0.286. The summed E-state index contributed by atoms with van der Waals surface area (Å²) in [4.78, 5) is 9.62. The van der Waals surface area contributed by atoms with Gasteiger partial charge in [-0.25, -0.2) is 9.97 Å². The van der Waals surface area contributed by atoms with Crippen molar-refractivity contribution in [3.63, 3.8) is 0 Å². The molecule has 1 rings (SSSR count). The number of thiocarbonyl (C=S) groups is 1. The van der Waals surface area contributed by atoms with Crippen LogP contribution >= 0.6 is 35.6 Å². The maximum atomic E-state index is 5.62. The lowest BCUT2D eigenvalue weighted by atomic mass is 10.7. The molecule has 1 heterocycles. The third kappa shape index (κ3) is 3.46. The SMILES string of the molecule is CN(C)C(=S)Sc1ccnc(Cl)n1. The zero-order valence-electron chi connectivity index (χ0n) is 7.19. The number of nitrogens with zero attached hydrogens (tertiary/aromatic N) is 3. The predicted molar refractivity (Wildman–Crippen MR) is 59.2 cm³/mol. The van der Waals surface area contributed by atoms with Crippen molar-refractivity contribution in [1.82, 2.24) is 14.9 Å². The minimum atomic E-state index is 0.242. The van der Waals surface area contributed by atoms with Gasteiger partial charge in [-0.1, -0.05) is 12.2 Å². The standard InChI is InChI=1S/C7H8ClN3S2/c1-11(2)7(12)13-5-3-4-9-6(8)10-5/h3-4H,1-2H3. The molecule has 0 atom stereocenters. The first kappa shape index (κ1) is 10.7. The molecule has 0 N–H and O–H groups in total. The highest BCUT2D eigenvalue weighted by molar-refractivity contribution is 8.22. The monoisotopic (exact) mass is 233 g/mol. The Bertz CT molecular complexity index is 316. The molecule has 0 unspecified atom stereocenters. The Kier molecular flexibility index (Phi) is 3.90. The fourth-order valence-electron chi connectivity index (χ4n) is 0.557. The van der Waals surface area contributed by atoms with Gasteiger partial charge in [-0.15, -0.1) is 0 Å². The number of aromatic nitrogens is 2. The summed E-state index contributed by atoms with van der Waals surface area (Å²) in [5.74, 6) is 0. The highest BCUT2D eigenvalue weighted by Crippen LogP contribution is 2.18. The Morgan fingerprint density at radius 1 is 1.62 bits per heavy atom. The van der Waals surface area contributed by atoms with E-state index >= 15 is 0 Å². The van der Waals surface area contributed by atoms with Crippen LogP contribution in [0.1, 0.15) is 0 Å². The molecule has 0 saturated carbocycles. The van der Waals surface area contributed by atoms with Crippen LogP contribution in [0, 0.1) is 0 Å². The highest BCUT2D eigenvalue weighted by atomic mass is 35.5. The summed E-state index contributed by atoms with van der Waals surface area (Å²) in [6.07, 6.45) is 1.61. The average molecular weight is 234 g/mol. The van der Waals surface area contributed by atoms with Crippen LogP contribution in [0.15, 0.2) is 17.3 Å². The number of rotatable bonds is 1. The van der Waals surface area contributed by atoms with E-state index in [2.05, 4.69) is 9.97 Å². The number of hydrogen-bond acceptors (Lipinski definition) is 4. The van der Waals surface area contributed by atoms with Gasteiger partial charge < -0.3 is 4.90 Å². The summed E-state index contributed by atoms with van der Waals surface area (Å²) < 4.78 is 0.745. The Labute approximate surface area is 91.5 Å². The molecule has 6 heteroatoms. The zero-order valence-corrected chi connectivity index (χ0v) is 9.58. The molecule has 1 aromatic heterocycles. The van der Waals surface area contributed by atoms with Crippen LogP contribution in [0.3, 0.4) is 0 Å². The molecular weight excluding hydrogens is 226 g/mol. The average Bonchev–Trinajstić information content (AvgIpc) is 2.04. The molecule has 0 aliphatic carbocycles. The molecule has 0 aliphatic rings. The number of hydrogen-bond donors (Lipinski definition) is 0. The van der Waals surface area contributed by atoms with E-state index in [9.17, 15) is 0 Å². The minimum absolute atomic E-state index is 0.242. The van der Waals surface area contributed by atoms with Crippen LogP contribution in [-0.2, 0) is 0 Å². The van der Waals surface area contributed by atoms with Crippen molar-refractivity contribution < 1.29 is 0 Å². The van der Waals surface area contributed by atoms with Gasteiger partial charge in [0.2, 0.25) is 5.28 Å². The smallest absolute Gasteiger partial charge is 0.223 e. The van der Waals surface area contributed by atoms with Crippen LogP contribution < -0.4 is 0 Å². The van der Waals surface area contributed by atoms with Crippen LogP contribution in [0.5, 0.6) is 0 Å². The first-order chi connectivity index (χ1) is 6.09. The summed E-state index contributed by atoms with van der Waals surface area (Å²) in [5, 5.41) is 1.00. The van der Waals surface area contributed by atoms with E-state index in [0.29, 0.717) is 0 Å². The Balaban J connectivity index is 2.69. The fourth-order valence-corrected chi connectivity index (χ4v) is 1.63. The molecule has 1 aromatic rings. The summed E-state index contributed by atoms with van der Waals surface area (Å²) >= 11 is 12.1. The molecule has 0 radical (unpaired) electrons. The first-order valence-corrected chi connectivity index (χ1v) is 5.07. The van der Waals surface area contributed by atoms with Gasteiger partial charge in [0.05, 0.1) is 0 Å². The topological polar surface area (TPSA) is 29.0 Å². The van der Waals surface area contributed by atoms with E-state index in [1.807, 2.05) is 19.0 Å². The summed E-state index contributed by atoms with van der Waals surface area (Å²) in [6, 6.07) is 1.77. The van der Waals surface area contributed by atoms with Crippen molar-refractivity contribution in [2.75, 3.05) is 14.1 Å². The van der Waals surface area contributed by atoms with Crippen molar-refractivity contribution in [2.24, 2.45) is 0 Å². The largest absolute Gasteiger partial charge is 0.363 e. The van der Waals surface area contributed by atoms with E-state index in [1.54, 1.807) is 12.3 Å². The van der Waals surface area contributed by atoms with E-state index in [-0.39, 0.29) is 5.28 Å². The highest BCUT2D eigenvalue weighted by Gasteiger charge is 2.03. The molecule has 3 nitrogen and oxygen atoms in total. The second kappa shape index (κ2) is 4.74. The van der Waals surface area contributed by atoms with Gasteiger partial charge in [-0.2, -0.15) is 0 Å². The third-order valence-electron chi connectivity index (χ3n) is 1.16. The molecule has 0 bridgehead atoms. The van der Waals surface area contributed by atoms with Crippen molar-refractivity contribution in [3.8, 4) is 0 Å². The van der Waals surface area contributed by atoms with Crippen molar-refractivity contribution in [1.29, 1.82) is 0 Å². The van der Waals surface area contributed by atoms with Crippen molar-refractivity contribution in [2.45, 2.75) is 5.03 Å². The van der Waals surface area contributed by atoms with E-state index in [1.165, 1.54) is 11.8 Å². The lowest BCUT2D eigenvalue weighted by Crippen LogP contribution is -2.15. The number of thioether (sulfide) groups is 1. The molecule has 0 saturated heterocycles. The molecule has 0 amide bonds. The number of halogens is 1. The second-order valence-corrected chi connectivity index (χ2v) is 4.42. The maximum absolute atomic E-state index is 5.62. The van der Waals surface area contributed by atoms with E-state index in [0.717, 1.165) is 9.35 Å². The second-order valence-electron chi connectivity index (χ2n) is 2.43. The van der Waals surface area contributed by atoms with E-state index < -0.39 is 0 Å². The Morgan fingerprint density at radius 2 is 2.31 bits per heavy atom. The van der Waals surface area contributed by atoms with Gasteiger partial charge in [0.1, 0.15) is 9.35 Å². The molecule has 13 heavy (non-hydrogen) atoms. The van der Waals surface area contributed by atoms with Gasteiger partial charge in [-0.3, -0.25) is 0 Å². The third-order valence-corrected chi connectivity index (χ3v) is 2.93. The van der Waals surface area contributed by atoms with Crippen molar-refractivity contribution in [3.05, 3.63) is 17.5 Å². The molecule has 0 aliphatic heterocycles. The van der Waals surface area contributed by atoms with Crippen LogP contribution in [0.4, 0.5) is 0 Å². The summed E-state index contributed by atoms with van der Waals surface area (Å²) in [7, 11) is 3.77.